The van der Waals surface area contributed by atoms with Crippen LogP contribution in [0.5, 0.6) is 5.75 Å². The molecule has 0 fully saturated rings. The molecular formula is C12H16ClNO2. The van der Waals surface area contributed by atoms with Crippen molar-refractivity contribution in [3.8, 4) is 5.75 Å². The molecule has 0 radical (unpaired) electrons. The lowest BCUT2D eigenvalue weighted by Gasteiger charge is -2.06. The number of amides is 1. The number of aryl methyl sites for hydroxylation is 1. The van der Waals surface area contributed by atoms with E-state index in [0.717, 1.165) is 6.42 Å². The van der Waals surface area contributed by atoms with Crippen LogP contribution in [0.3, 0.4) is 0 Å². The number of carbonyl (C=O) groups excluding carboxylic acids is 1. The van der Waals surface area contributed by atoms with Crippen molar-refractivity contribution in [2.45, 2.75) is 13.3 Å². The first kappa shape index (κ1) is 12.8. The summed E-state index contributed by atoms with van der Waals surface area (Å²) in [4.78, 5) is 11.3. The fraction of sp³-hybridized carbons (Fsp3) is 0.417. The van der Waals surface area contributed by atoms with Gasteiger partial charge in [-0.15, -0.1) is 11.6 Å². The van der Waals surface area contributed by atoms with Crippen LogP contribution in [0.4, 0.5) is 0 Å². The highest BCUT2D eigenvalue weighted by Gasteiger charge is 2.01. The maximum Gasteiger partial charge on any atom is 0.257 e. The zero-order valence-corrected chi connectivity index (χ0v) is 10.1. The minimum absolute atomic E-state index is 0.0470. The SMILES string of the molecule is Cc1ccc(OCC(=O)NCCCCl)cc1. The average molecular weight is 242 g/mol. The van der Waals surface area contributed by atoms with Crippen LogP contribution in [-0.4, -0.2) is 24.9 Å². The zero-order valence-electron chi connectivity index (χ0n) is 9.33. The molecule has 0 saturated carbocycles. The number of hydrogen-bond donors (Lipinski definition) is 1. The third-order valence-corrected chi connectivity index (χ3v) is 2.29. The molecule has 0 aliphatic heterocycles. The molecule has 0 aromatic heterocycles. The number of ether oxygens (including phenoxy) is 1. The van der Waals surface area contributed by atoms with Gasteiger partial charge in [-0.25, -0.2) is 0 Å². The van der Waals surface area contributed by atoms with Crippen LogP contribution in [-0.2, 0) is 4.79 Å². The Morgan fingerprint density at radius 2 is 2.06 bits per heavy atom. The van der Waals surface area contributed by atoms with E-state index in [-0.39, 0.29) is 12.5 Å². The van der Waals surface area contributed by atoms with E-state index in [0.29, 0.717) is 18.2 Å². The lowest BCUT2D eigenvalue weighted by atomic mass is 10.2. The van der Waals surface area contributed by atoms with Gasteiger partial charge in [0.1, 0.15) is 5.75 Å². The Bertz CT molecular complexity index is 324. The minimum Gasteiger partial charge on any atom is -0.484 e. The summed E-state index contributed by atoms with van der Waals surface area (Å²) >= 11 is 5.49. The van der Waals surface area contributed by atoms with Crippen molar-refractivity contribution in [3.63, 3.8) is 0 Å². The molecule has 1 aromatic rings. The van der Waals surface area contributed by atoms with Gasteiger partial charge in [0, 0.05) is 12.4 Å². The summed E-state index contributed by atoms with van der Waals surface area (Å²) in [6.45, 7) is 2.65. The Morgan fingerprint density at radius 3 is 2.69 bits per heavy atom. The fourth-order valence-corrected chi connectivity index (χ4v) is 1.26. The molecule has 1 aromatic carbocycles. The number of rotatable bonds is 6. The molecule has 0 saturated heterocycles. The van der Waals surface area contributed by atoms with E-state index in [1.807, 2.05) is 31.2 Å². The van der Waals surface area contributed by atoms with E-state index in [1.165, 1.54) is 5.56 Å². The van der Waals surface area contributed by atoms with Gasteiger partial charge in [-0.1, -0.05) is 17.7 Å². The Hall–Kier alpha value is -1.22. The van der Waals surface area contributed by atoms with E-state index in [1.54, 1.807) is 0 Å². The fourth-order valence-electron chi connectivity index (χ4n) is 1.13. The summed E-state index contributed by atoms with van der Waals surface area (Å²) in [5.41, 5.74) is 1.17. The summed E-state index contributed by atoms with van der Waals surface area (Å²) in [6, 6.07) is 7.59. The molecule has 16 heavy (non-hydrogen) atoms. The molecule has 3 nitrogen and oxygen atoms in total. The van der Waals surface area contributed by atoms with Crippen LogP contribution < -0.4 is 10.1 Å². The molecule has 1 N–H and O–H groups in total. The van der Waals surface area contributed by atoms with Gasteiger partial charge in [0.2, 0.25) is 0 Å². The normalized spacial score (nSPS) is 9.88. The summed E-state index contributed by atoms with van der Waals surface area (Å²) < 4.78 is 5.31. The quantitative estimate of drug-likeness (QED) is 0.612. The lowest BCUT2D eigenvalue weighted by Crippen LogP contribution is -2.29. The zero-order chi connectivity index (χ0) is 11.8. The Labute approximate surface area is 101 Å². The third-order valence-electron chi connectivity index (χ3n) is 2.02. The standard InChI is InChI=1S/C12H16ClNO2/c1-10-3-5-11(6-4-10)16-9-12(15)14-8-2-7-13/h3-6H,2,7-9H2,1H3,(H,14,15). The van der Waals surface area contributed by atoms with E-state index in [9.17, 15) is 4.79 Å². The molecule has 1 amide bonds. The molecule has 0 spiro atoms. The molecule has 1 rings (SSSR count). The largest absolute Gasteiger partial charge is 0.484 e. The van der Waals surface area contributed by atoms with Crippen molar-refractivity contribution in [2.24, 2.45) is 0 Å². The van der Waals surface area contributed by atoms with E-state index < -0.39 is 0 Å². The Balaban J connectivity index is 2.23. The number of carbonyl (C=O) groups is 1. The van der Waals surface area contributed by atoms with Crippen LogP contribution in [0.1, 0.15) is 12.0 Å². The predicted octanol–water partition coefficient (Wildman–Crippen LogP) is 2.12. The van der Waals surface area contributed by atoms with Crippen LogP contribution >= 0.6 is 11.6 Å². The van der Waals surface area contributed by atoms with Gasteiger partial charge in [0.25, 0.3) is 5.91 Å². The topological polar surface area (TPSA) is 38.3 Å². The van der Waals surface area contributed by atoms with Crippen molar-refractivity contribution in [2.75, 3.05) is 19.0 Å². The van der Waals surface area contributed by atoms with Crippen LogP contribution in [0.25, 0.3) is 0 Å². The highest BCUT2D eigenvalue weighted by molar-refractivity contribution is 6.17. The van der Waals surface area contributed by atoms with Gasteiger partial charge in [0.15, 0.2) is 6.61 Å². The summed E-state index contributed by atoms with van der Waals surface area (Å²) in [5.74, 6) is 1.14. The van der Waals surface area contributed by atoms with Gasteiger partial charge < -0.3 is 10.1 Å². The molecule has 0 heterocycles. The first-order chi connectivity index (χ1) is 7.72. The van der Waals surface area contributed by atoms with Gasteiger partial charge in [0.05, 0.1) is 0 Å². The summed E-state index contributed by atoms with van der Waals surface area (Å²) in [6.07, 6.45) is 0.776. The molecule has 4 heteroatoms. The second kappa shape index (κ2) is 7.12. The predicted molar refractivity (Wildman–Crippen MR) is 65.0 cm³/mol. The molecule has 0 aliphatic rings. The smallest absolute Gasteiger partial charge is 0.257 e. The van der Waals surface area contributed by atoms with Crippen LogP contribution in [0, 0.1) is 6.92 Å². The van der Waals surface area contributed by atoms with Crippen molar-refractivity contribution in [1.29, 1.82) is 0 Å². The van der Waals surface area contributed by atoms with Crippen LogP contribution in [0.2, 0.25) is 0 Å². The number of alkyl halides is 1. The minimum atomic E-state index is -0.120. The monoisotopic (exact) mass is 241 g/mol. The molecule has 0 unspecified atom stereocenters. The van der Waals surface area contributed by atoms with E-state index >= 15 is 0 Å². The van der Waals surface area contributed by atoms with Crippen molar-refractivity contribution < 1.29 is 9.53 Å². The number of hydrogen-bond acceptors (Lipinski definition) is 2. The van der Waals surface area contributed by atoms with Crippen molar-refractivity contribution in [1.82, 2.24) is 5.32 Å². The molecule has 88 valence electrons. The number of benzene rings is 1. The molecule has 0 bridgehead atoms. The van der Waals surface area contributed by atoms with E-state index in [4.69, 9.17) is 16.3 Å². The van der Waals surface area contributed by atoms with E-state index in [2.05, 4.69) is 5.32 Å². The first-order valence-corrected chi connectivity index (χ1v) is 5.78. The molecule has 0 aliphatic carbocycles. The summed E-state index contributed by atoms with van der Waals surface area (Å²) in [7, 11) is 0. The maximum atomic E-state index is 11.3. The lowest BCUT2D eigenvalue weighted by molar-refractivity contribution is -0.123. The number of nitrogens with one attached hydrogen (secondary N) is 1. The van der Waals surface area contributed by atoms with Gasteiger partial charge in [-0.3, -0.25) is 4.79 Å². The van der Waals surface area contributed by atoms with Crippen molar-refractivity contribution >= 4 is 17.5 Å². The number of halogens is 1. The average Bonchev–Trinajstić information content (AvgIpc) is 2.29. The second-order valence-electron chi connectivity index (χ2n) is 3.49. The highest BCUT2D eigenvalue weighted by Crippen LogP contribution is 2.10. The Kier molecular flexibility index (Phi) is 5.72. The first-order valence-electron chi connectivity index (χ1n) is 5.24. The summed E-state index contributed by atoms with van der Waals surface area (Å²) in [5, 5.41) is 2.72. The molecular weight excluding hydrogens is 226 g/mol. The van der Waals surface area contributed by atoms with Gasteiger partial charge >= 0.3 is 0 Å². The molecule has 0 atom stereocenters. The van der Waals surface area contributed by atoms with Crippen molar-refractivity contribution in [3.05, 3.63) is 29.8 Å². The Morgan fingerprint density at radius 1 is 1.38 bits per heavy atom. The van der Waals surface area contributed by atoms with Gasteiger partial charge in [-0.2, -0.15) is 0 Å². The maximum absolute atomic E-state index is 11.3. The van der Waals surface area contributed by atoms with Gasteiger partial charge in [-0.05, 0) is 25.5 Å². The van der Waals surface area contributed by atoms with Crippen LogP contribution in [0.15, 0.2) is 24.3 Å². The third kappa shape index (κ3) is 5.03. The second-order valence-corrected chi connectivity index (χ2v) is 3.87. The highest BCUT2D eigenvalue weighted by atomic mass is 35.5.